The lowest BCUT2D eigenvalue weighted by Gasteiger charge is -2.18. The third-order valence-corrected chi connectivity index (χ3v) is 3.73. The molecule has 0 heterocycles. The Kier molecular flexibility index (Phi) is 6.85. The van der Waals surface area contributed by atoms with Gasteiger partial charge in [-0.25, -0.2) is 0 Å². The number of anilines is 2. The Labute approximate surface area is 164 Å². The van der Waals surface area contributed by atoms with Crippen LogP contribution in [0.3, 0.4) is 0 Å². The summed E-state index contributed by atoms with van der Waals surface area (Å²) in [6.07, 6.45) is 3.13. The second-order valence-electron chi connectivity index (χ2n) is 6.97. The van der Waals surface area contributed by atoms with Crippen LogP contribution in [0.2, 0.25) is 0 Å². The highest BCUT2D eigenvalue weighted by Crippen LogP contribution is 2.20. The van der Waals surface area contributed by atoms with E-state index in [4.69, 9.17) is 12.2 Å². The molecule has 0 fully saturated rings. The molecule has 0 spiro atoms. The second kappa shape index (κ2) is 9.09. The molecule has 0 aliphatic carbocycles. The molecule has 0 bridgehead atoms. The quantitative estimate of drug-likeness (QED) is 0.548. The number of amides is 2. The van der Waals surface area contributed by atoms with Gasteiger partial charge in [-0.2, -0.15) is 0 Å². The van der Waals surface area contributed by atoms with Gasteiger partial charge in [0.2, 0.25) is 11.8 Å². The van der Waals surface area contributed by atoms with Gasteiger partial charge in [-0.3, -0.25) is 14.9 Å². The fourth-order valence-electron chi connectivity index (χ4n) is 2.05. The van der Waals surface area contributed by atoms with Gasteiger partial charge in [0.15, 0.2) is 5.11 Å². The number of carbonyl (C=O) groups is 2. The van der Waals surface area contributed by atoms with Crippen molar-refractivity contribution in [1.82, 2.24) is 5.32 Å². The van der Waals surface area contributed by atoms with Gasteiger partial charge in [-0.15, -0.1) is 0 Å². The van der Waals surface area contributed by atoms with Crippen LogP contribution in [0, 0.1) is 5.41 Å². The van der Waals surface area contributed by atoms with Crippen LogP contribution in [0.5, 0.6) is 0 Å². The maximum absolute atomic E-state index is 12.1. The lowest BCUT2D eigenvalue weighted by Crippen LogP contribution is -2.32. The zero-order valence-electron chi connectivity index (χ0n) is 15.6. The molecule has 2 aromatic rings. The normalized spacial score (nSPS) is 11.1. The van der Waals surface area contributed by atoms with Gasteiger partial charge in [-0.05, 0) is 42.1 Å². The van der Waals surface area contributed by atoms with Gasteiger partial charge < -0.3 is 10.6 Å². The number of rotatable bonds is 4. The average Bonchev–Trinajstić information content (AvgIpc) is 2.60. The second-order valence-corrected chi connectivity index (χ2v) is 7.38. The summed E-state index contributed by atoms with van der Waals surface area (Å²) in [7, 11) is 0. The van der Waals surface area contributed by atoms with Gasteiger partial charge in [0.1, 0.15) is 0 Å². The molecule has 0 saturated heterocycles. The van der Waals surface area contributed by atoms with Crippen molar-refractivity contribution < 1.29 is 9.59 Å². The van der Waals surface area contributed by atoms with E-state index in [2.05, 4.69) is 16.0 Å². The smallest absolute Gasteiger partial charge is 0.250 e. The molecule has 140 valence electrons. The van der Waals surface area contributed by atoms with Crippen LogP contribution >= 0.6 is 12.2 Å². The van der Waals surface area contributed by atoms with Gasteiger partial charge >= 0.3 is 0 Å². The van der Waals surface area contributed by atoms with Crippen LogP contribution in [-0.4, -0.2) is 16.9 Å². The molecule has 0 aromatic heterocycles. The minimum absolute atomic E-state index is 0.0819. The fourth-order valence-corrected chi connectivity index (χ4v) is 2.26. The van der Waals surface area contributed by atoms with Crippen molar-refractivity contribution in [3.63, 3.8) is 0 Å². The highest BCUT2D eigenvalue weighted by molar-refractivity contribution is 7.80. The lowest BCUT2D eigenvalue weighted by molar-refractivity contribution is -0.123. The monoisotopic (exact) mass is 381 g/mol. The largest absolute Gasteiger partial charge is 0.332 e. The Bertz CT molecular complexity index is 855. The molecule has 2 amide bonds. The van der Waals surface area contributed by atoms with Crippen LogP contribution in [-0.2, 0) is 9.59 Å². The predicted octanol–water partition coefficient (Wildman–Crippen LogP) is 4.20. The highest BCUT2D eigenvalue weighted by Gasteiger charge is 2.21. The third-order valence-electron chi connectivity index (χ3n) is 3.52. The first-order chi connectivity index (χ1) is 12.7. The summed E-state index contributed by atoms with van der Waals surface area (Å²) < 4.78 is 0. The van der Waals surface area contributed by atoms with Gasteiger partial charge in [0, 0.05) is 22.9 Å². The molecule has 5 nitrogen and oxygen atoms in total. The maximum Gasteiger partial charge on any atom is 0.250 e. The molecule has 6 heteroatoms. The predicted molar refractivity (Wildman–Crippen MR) is 114 cm³/mol. The Balaban J connectivity index is 1.92. The fraction of sp³-hybridized carbons (Fsp3) is 0.190. The topological polar surface area (TPSA) is 70.2 Å². The van der Waals surface area contributed by atoms with Crippen LogP contribution < -0.4 is 16.0 Å². The molecule has 3 N–H and O–H groups in total. The lowest BCUT2D eigenvalue weighted by atomic mass is 9.95. The van der Waals surface area contributed by atoms with Crippen molar-refractivity contribution in [2.45, 2.75) is 20.8 Å². The Morgan fingerprint density at radius 2 is 1.56 bits per heavy atom. The van der Waals surface area contributed by atoms with E-state index in [1.54, 1.807) is 30.3 Å². The summed E-state index contributed by atoms with van der Waals surface area (Å²) >= 11 is 5.17. The average molecular weight is 382 g/mol. The van der Waals surface area contributed by atoms with E-state index in [-0.39, 0.29) is 16.9 Å². The van der Waals surface area contributed by atoms with Crippen molar-refractivity contribution in [3.05, 3.63) is 66.2 Å². The first kappa shape index (κ1) is 20.3. The van der Waals surface area contributed by atoms with Gasteiger partial charge in [0.25, 0.3) is 0 Å². The minimum atomic E-state index is -0.488. The van der Waals surface area contributed by atoms with Crippen molar-refractivity contribution in [1.29, 1.82) is 0 Å². The molecule has 0 radical (unpaired) electrons. The van der Waals surface area contributed by atoms with Crippen molar-refractivity contribution >= 4 is 46.6 Å². The third kappa shape index (κ3) is 7.03. The standard InChI is InChI=1S/C21H23N3O2S/c1-21(2,3)19(26)22-16-10-7-11-17(14-16)23-20(27)24-18(25)13-12-15-8-5-4-6-9-15/h4-14H,1-3H3,(H,22,26)(H2,23,24,25,27)/b13-12+. The van der Waals surface area contributed by atoms with Gasteiger partial charge in [-0.1, -0.05) is 57.2 Å². The Morgan fingerprint density at radius 1 is 0.926 bits per heavy atom. The zero-order chi connectivity index (χ0) is 19.9. The van der Waals surface area contributed by atoms with Crippen LogP contribution in [0.4, 0.5) is 11.4 Å². The summed E-state index contributed by atoms with van der Waals surface area (Å²) in [5.74, 6) is -0.407. The van der Waals surface area contributed by atoms with Gasteiger partial charge in [0.05, 0.1) is 0 Å². The summed E-state index contributed by atoms with van der Waals surface area (Å²) in [6, 6.07) is 16.6. The van der Waals surface area contributed by atoms with E-state index in [0.717, 1.165) is 5.56 Å². The van der Waals surface area contributed by atoms with E-state index in [9.17, 15) is 9.59 Å². The first-order valence-electron chi connectivity index (χ1n) is 8.51. The molecule has 27 heavy (non-hydrogen) atoms. The molecular formula is C21H23N3O2S. The molecular weight excluding hydrogens is 358 g/mol. The van der Waals surface area contributed by atoms with Crippen LogP contribution in [0.1, 0.15) is 26.3 Å². The molecule has 0 aliphatic heterocycles. The minimum Gasteiger partial charge on any atom is -0.332 e. The SMILES string of the molecule is CC(C)(C)C(=O)Nc1cccc(NC(=S)NC(=O)/C=C/c2ccccc2)c1. The van der Waals surface area contributed by atoms with E-state index >= 15 is 0 Å². The number of carbonyl (C=O) groups excluding carboxylic acids is 2. The molecule has 2 rings (SSSR count). The van der Waals surface area contributed by atoms with Crippen molar-refractivity contribution in [2.24, 2.45) is 5.41 Å². The number of benzene rings is 2. The zero-order valence-corrected chi connectivity index (χ0v) is 16.4. The Morgan fingerprint density at radius 3 is 2.19 bits per heavy atom. The summed E-state index contributed by atoms with van der Waals surface area (Å²) in [5.41, 5.74) is 1.75. The van der Waals surface area contributed by atoms with E-state index in [0.29, 0.717) is 11.4 Å². The molecule has 2 aromatic carbocycles. The molecule has 0 atom stereocenters. The summed E-state index contributed by atoms with van der Waals surface area (Å²) in [6.45, 7) is 5.54. The first-order valence-corrected chi connectivity index (χ1v) is 8.91. The van der Waals surface area contributed by atoms with E-state index in [1.165, 1.54) is 6.08 Å². The Hall–Kier alpha value is -2.99. The summed E-state index contributed by atoms with van der Waals surface area (Å²) in [4.78, 5) is 24.0. The van der Waals surface area contributed by atoms with Crippen molar-refractivity contribution in [2.75, 3.05) is 10.6 Å². The molecule has 0 unspecified atom stereocenters. The van der Waals surface area contributed by atoms with Crippen LogP contribution in [0.25, 0.3) is 6.08 Å². The van der Waals surface area contributed by atoms with Crippen LogP contribution in [0.15, 0.2) is 60.7 Å². The summed E-state index contributed by atoms with van der Waals surface area (Å²) in [5, 5.41) is 8.56. The number of nitrogens with one attached hydrogen (secondary N) is 3. The van der Waals surface area contributed by atoms with E-state index < -0.39 is 5.41 Å². The number of hydrogen-bond donors (Lipinski definition) is 3. The maximum atomic E-state index is 12.1. The van der Waals surface area contributed by atoms with Crippen molar-refractivity contribution in [3.8, 4) is 0 Å². The molecule has 0 saturated carbocycles. The number of hydrogen-bond acceptors (Lipinski definition) is 3. The number of thiocarbonyl (C=S) groups is 1. The molecule has 0 aliphatic rings. The highest BCUT2D eigenvalue weighted by atomic mass is 32.1. The van der Waals surface area contributed by atoms with E-state index in [1.807, 2.05) is 51.1 Å².